The van der Waals surface area contributed by atoms with E-state index in [4.69, 9.17) is 9.47 Å². The number of benzene rings is 1. The van der Waals surface area contributed by atoms with Gasteiger partial charge in [0.2, 0.25) is 0 Å². The first-order valence-electron chi connectivity index (χ1n) is 8.87. The number of aryl methyl sites for hydroxylation is 1. The van der Waals surface area contributed by atoms with Gasteiger partial charge in [0, 0.05) is 28.0 Å². The summed E-state index contributed by atoms with van der Waals surface area (Å²) in [5.41, 5.74) is 4.53. The molecule has 0 atom stereocenters. The molecule has 1 aromatic heterocycles. The Balaban J connectivity index is 1.58. The van der Waals surface area contributed by atoms with Crippen LogP contribution in [-0.4, -0.2) is 19.0 Å². The van der Waals surface area contributed by atoms with Gasteiger partial charge >= 0.3 is 0 Å². The van der Waals surface area contributed by atoms with Crippen LogP contribution in [0.5, 0.6) is 0 Å². The highest BCUT2D eigenvalue weighted by atomic mass is 32.1. The Bertz CT molecular complexity index is 801. The largest absolute Gasteiger partial charge is 0.348 e. The molecule has 1 saturated carbocycles. The molecule has 5 rings (SSSR count). The maximum Gasteiger partial charge on any atom is 0.168 e. The monoisotopic (exact) mass is 338 g/mol. The van der Waals surface area contributed by atoms with Crippen LogP contribution in [0.4, 0.5) is 0 Å². The van der Waals surface area contributed by atoms with Gasteiger partial charge in [0.15, 0.2) is 5.79 Å². The molecule has 0 bridgehead atoms. The van der Waals surface area contributed by atoms with Gasteiger partial charge in [-0.3, -0.25) is 0 Å². The number of ether oxygens (including phenoxy) is 2. The normalized spacial score (nSPS) is 23.6. The number of rotatable bonds is 1. The van der Waals surface area contributed by atoms with Crippen LogP contribution in [0.2, 0.25) is 0 Å². The summed E-state index contributed by atoms with van der Waals surface area (Å²) in [6.45, 7) is 3.69. The van der Waals surface area contributed by atoms with Crippen molar-refractivity contribution in [3.63, 3.8) is 0 Å². The Morgan fingerprint density at radius 1 is 0.917 bits per heavy atom. The lowest BCUT2D eigenvalue weighted by Crippen LogP contribution is -2.42. The van der Waals surface area contributed by atoms with Crippen LogP contribution in [-0.2, 0) is 14.9 Å². The molecule has 2 nitrogen and oxygen atoms in total. The summed E-state index contributed by atoms with van der Waals surface area (Å²) in [5, 5.41) is 0. The minimum Gasteiger partial charge on any atom is -0.348 e. The number of hydrogen-bond acceptors (Lipinski definition) is 3. The Kier molecular flexibility index (Phi) is 3.28. The summed E-state index contributed by atoms with van der Waals surface area (Å²) < 4.78 is 12.0. The van der Waals surface area contributed by atoms with Crippen LogP contribution in [0.15, 0.2) is 36.4 Å². The van der Waals surface area contributed by atoms with Crippen molar-refractivity contribution in [1.29, 1.82) is 0 Å². The van der Waals surface area contributed by atoms with Crippen molar-refractivity contribution in [2.24, 2.45) is 0 Å². The first-order chi connectivity index (χ1) is 11.7. The van der Waals surface area contributed by atoms with Crippen molar-refractivity contribution in [1.82, 2.24) is 0 Å². The fourth-order valence-electron chi connectivity index (χ4n) is 4.77. The molecule has 2 aliphatic carbocycles. The van der Waals surface area contributed by atoms with E-state index in [1.165, 1.54) is 26.5 Å². The van der Waals surface area contributed by atoms with Crippen LogP contribution in [0.1, 0.15) is 46.6 Å². The lowest BCUT2D eigenvalue weighted by Gasteiger charge is -2.43. The third-order valence-electron chi connectivity index (χ3n) is 5.98. The number of fused-ring (bicyclic) bond motifs is 2. The number of thiophene rings is 1. The molecule has 124 valence electrons. The zero-order valence-electron chi connectivity index (χ0n) is 14.0. The fourth-order valence-corrected chi connectivity index (χ4v) is 5.75. The van der Waals surface area contributed by atoms with Crippen molar-refractivity contribution < 1.29 is 9.47 Å². The van der Waals surface area contributed by atoms with Crippen LogP contribution in [0, 0.1) is 6.92 Å². The van der Waals surface area contributed by atoms with E-state index < -0.39 is 0 Å². The minimum absolute atomic E-state index is 0.133. The molecule has 2 aromatic rings. The van der Waals surface area contributed by atoms with Gasteiger partial charge in [-0.25, -0.2) is 0 Å². The molecule has 0 amide bonds. The van der Waals surface area contributed by atoms with Crippen molar-refractivity contribution in [3.05, 3.63) is 57.3 Å². The topological polar surface area (TPSA) is 18.5 Å². The van der Waals surface area contributed by atoms with Gasteiger partial charge in [0.1, 0.15) is 0 Å². The lowest BCUT2D eigenvalue weighted by molar-refractivity contribution is -0.182. The standard InChI is InChI=1S/C21H22O2S/c1-15-6-7-19(24-15)18-14-16-4-2-3-5-17(16)20(18)8-10-21(11-9-20)22-12-13-23-21/h2-7,14H,8-13H2,1H3. The van der Waals surface area contributed by atoms with Crippen LogP contribution < -0.4 is 0 Å². The van der Waals surface area contributed by atoms with E-state index in [9.17, 15) is 0 Å². The summed E-state index contributed by atoms with van der Waals surface area (Å²) in [5.74, 6) is -0.306. The van der Waals surface area contributed by atoms with Gasteiger partial charge in [0.05, 0.1) is 13.2 Å². The molecule has 1 aliphatic heterocycles. The van der Waals surface area contributed by atoms with E-state index in [1.54, 1.807) is 0 Å². The van der Waals surface area contributed by atoms with Crippen LogP contribution in [0.25, 0.3) is 11.6 Å². The highest BCUT2D eigenvalue weighted by Gasteiger charge is 2.51. The zero-order valence-corrected chi connectivity index (χ0v) is 14.8. The summed E-state index contributed by atoms with van der Waals surface area (Å²) in [6.07, 6.45) is 6.61. The third kappa shape index (κ3) is 2.08. The first-order valence-corrected chi connectivity index (χ1v) is 9.69. The van der Waals surface area contributed by atoms with Gasteiger partial charge in [-0.05, 0) is 54.7 Å². The summed E-state index contributed by atoms with van der Waals surface area (Å²) >= 11 is 1.92. The zero-order chi connectivity index (χ0) is 16.2. The molecule has 2 heterocycles. The highest BCUT2D eigenvalue weighted by molar-refractivity contribution is 7.13. The molecular formula is C21H22O2S. The summed E-state index contributed by atoms with van der Waals surface area (Å²) in [4.78, 5) is 2.81. The van der Waals surface area contributed by atoms with Crippen molar-refractivity contribution >= 4 is 23.0 Å². The Morgan fingerprint density at radius 2 is 1.67 bits per heavy atom. The summed E-state index contributed by atoms with van der Waals surface area (Å²) in [7, 11) is 0. The Hall–Kier alpha value is -1.42. The van der Waals surface area contributed by atoms with E-state index in [2.05, 4.69) is 49.4 Å². The molecule has 2 spiro atoms. The quantitative estimate of drug-likeness (QED) is 0.714. The van der Waals surface area contributed by atoms with E-state index >= 15 is 0 Å². The smallest absolute Gasteiger partial charge is 0.168 e. The average Bonchev–Trinajstić information content (AvgIpc) is 3.30. The molecule has 1 aromatic carbocycles. The molecule has 24 heavy (non-hydrogen) atoms. The maximum absolute atomic E-state index is 5.98. The van der Waals surface area contributed by atoms with Crippen LogP contribution in [0.3, 0.4) is 0 Å². The molecule has 3 heteroatoms. The van der Waals surface area contributed by atoms with Crippen LogP contribution >= 0.6 is 11.3 Å². The fraction of sp³-hybridized carbons (Fsp3) is 0.429. The molecule has 0 unspecified atom stereocenters. The molecule has 1 saturated heterocycles. The molecule has 0 N–H and O–H groups in total. The molecule has 3 aliphatic rings. The minimum atomic E-state index is -0.306. The average molecular weight is 338 g/mol. The molecule has 0 radical (unpaired) electrons. The first kappa shape index (κ1) is 14.9. The van der Waals surface area contributed by atoms with Gasteiger partial charge in [-0.1, -0.05) is 24.3 Å². The Labute approximate surface area is 147 Å². The predicted molar refractivity (Wildman–Crippen MR) is 98.2 cm³/mol. The van der Waals surface area contributed by atoms with Gasteiger partial charge in [-0.15, -0.1) is 11.3 Å². The van der Waals surface area contributed by atoms with Gasteiger partial charge in [0.25, 0.3) is 0 Å². The van der Waals surface area contributed by atoms with E-state index in [0.717, 1.165) is 38.9 Å². The van der Waals surface area contributed by atoms with Crippen molar-refractivity contribution in [3.8, 4) is 0 Å². The highest BCUT2D eigenvalue weighted by Crippen LogP contribution is 2.57. The number of allylic oxidation sites excluding steroid dienone is 1. The Morgan fingerprint density at radius 3 is 2.38 bits per heavy atom. The second kappa shape index (κ2) is 5.29. The SMILES string of the molecule is Cc1ccc(C2=Cc3ccccc3C23CCC2(CC3)OCCO2)s1. The van der Waals surface area contributed by atoms with Gasteiger partial charge in [-0.2, -0.15) is 0 Å². The number of hydrogen-bond donors (Lipinski definition) is 0. The molecule has 2 fully saturated rings. The van der Waals surface area contributed by atoms with E-state index in [-0.39, 0.29) is 11.2 Å². The maximum atomic E-state index is 5.98. The second-order valence-electron chi connectivity index (χ2n) is 7.25. The second-order valence-corrected chi connectivity index (χ2v) is 8.53. The third-order valence-corrected chi connectivity index (χ3v) is 7.01. The van der Waals surface area contributed by atoms with Crippen molar-refractivity contribution in [2.45, 2.75) is 43.8 Å². The van der Waals surface area contributed by atoms with Crippen molar-refractivity contribution in [2.75, 3.05) is 13.2 Å². The molecular weight excluding hydrogens is 316 g/mol. The summed E-state index contributed by atoms with van der Waals surface area (Å²) in [6, 6.07) is 13.5. The van der Waals surface area contributed by atoms with E-state index in [0.29, 0.717) is 0 Å². The predicted octanol–water partition coefficient (Wildman–Crippen LogP) is 5.17. The van der Waals surface area contributed by atoms with Gasteiger partial charge < -0.3 is 9.47 Å². The van der Waals surface area contributed by atoms with E-state index in [1.807, 2.05) is 11.3 Å². The lowest BCUT2D eigenvalue weighted by atomic mass is 9.65.